The van der Waals surface area contributed by atoms with Crippen LogP contribution in [0.5, 0.6) is 0 Å². The van der Waals surface area contributed by atoms with Gasteiger partial charge in [0.1, 0.15) is 5.54 Å². The molecule has 3 heterocycles. The lowest BCUT2D eigenvalue weighted by Crippen LogP contribution is -2.48. The van der Waals surface area contributed by atoms with Gasteiger partial charge in [0.15, 0.2) is 0 Å². The number of fused-ring (bicyclic) bond motifs is 1. The van der Waals surface area contributed by atoms with E-state index >= 15 is 0 Å². The summed E-state index contributed by atoms with van der Waals surface area (Å²) in [6, 6.07) is 1.78. The molecule has 0 radical (unpaired) electrons. The number of rotatable bonds is 6. The van der Waals surface area contributed by atoms with Crippen molar-refractivity contribution in [2.75, 3.05) is 19.8 Å². The number of nitrogens with one attached hydrogen (secondary N) is 2. The van der Waals surface area contributed by atoms with Gasteiger partial charge in [0, 0.05) is 43.9 Å². The number of nitrogens with zero attached hydrogens (tertiary/aromatic N) is 1. The van der Waals surface area contributed by atoms with Crippen LogP contribution in [-0.2, 0) is 28.4 Å². The molecule has 5 nitrogen and oxygen atoms in total. The number of amides is 1. The fourth-order valence-electron chi connectivity index (χ4n) is 5.69. The van der Waals surface area contributed by atoms with Gasteiger partial charge in [-0.15, -0.1) is 0 Å². The van der Waals surface area contributed by atoms with Crippen molar-refractivity contribution in [3.8, 4) is 0 Å². The normalized spacial score (nSPS) is 31.9. The van der Waals surface area contributed by atoms with Gasteiger partial charge >= 0.3 is 12.4 Å². The van der Waals surface area contributed by atoms with Crippen molar-refractivity contribution in [1.82, 2.24) is 15.5 Å². The minimum atomic E-state index is -4.93. The molecule has 11 heteroatoms. The third-order valence-electron chi connectivity index (χ3n) is 7.70. The number of carbonyl (C=O) groups excluding carboxylic acids is 1. The van der Waals surface area contributed by atoms with Crippen LogP contribution in [0.3, 0.4) is 0 Å². The molecule has 190 valence electrons. The zero-order valence-corrected chi connectivity index (χ0v) is 19.1. The third kappa shape index (κ3) is 4.42. The molecule has 0 aliphatic carbocycles. The zero-order chi connectivity index (χ0) is 24.9. The van der Waals surface area contributed by atoms with Crippen molar-refractivity contribution in [2.24, 2.45) is 0 Å². The first-order chi connectivity index (χ1) is 15.8. The maximum atomic E-state index is 13.3. The summed E-state index contributed by atoms with van der Waals surface area (Å²) in [6.07, 6.45) is -6.85. The van der Waals surface area contributed by atoms with E-state index in [2.05, 4.69) is 15.5 Å². The molecule has 0 aromatic heterocycles. The van der Waals surface area contributed by atoms with E-state index < -0.39 is 41.1 Å². The molecule has 3 aliphatic rings. The van der Waals surface area contributed by atoms with Crippen molar-refractivity contribution in [2.45, 2.75) is 81.6 Å². The average Bonchev–Trinajstić information content (AvgIpc) is 3.06. The second kappa shape index (κ2) is 8.67. The summed E-state index contributed by atoms with van der Waals surface area (Å²) in [4.78, 5) is 15.4. The minimum absolute atomic E-state index is 0.0823. The Morgan fingerprint density at radius 1 is 1.06 bits per heavy atom. The molecule has 4 unspecified atom stereocenters. The molecule has 1 aromatic rings. The molecule has 0 saturated carbocycles. The molecule has 1 amide bonds. The Kier molecular flexibility index (Phi) is 6.44. The number of hydrogen-bond donors (Lipinski definition) is 2. The van der Waals surface area contributed by atoms with Crippen LogP contribution in [0.25, 0.3) is 0 Å². The molecular weight excluding hydrogens is 464 g/mol. The summed E-state index contributed by atoms with van der Waals surface area (Å²) in [5.74, 6) is -0.362. The Morgan fingerprint density at radius 3 is 2.18 bits per heavy atom. The smallest absolute Gasteiger partial charge is 0.381 e. The topological polar surface area (TPSA) is 53.4 Å². The van der Waals surface area contributed by atoms with Crippen LogP contribution >= 0.6 is 0 Å². The number of halogens is 6. The van der Waals surface area contributed by atoms with E-state index in [1.807, 2.05) is 13.8 Å². The second-order valence-electron chi connectivity index (χ2n) is 9.65. The minimum Gasteiger partial charge on any atom is -0.381 e. The van der Waals surface area contributed by atoms with Crippen molar-refractivity contribution in [1.29, 1.82) is 0 Å². The van der Waals surface area contributed by atoms with Gasteiger partial charge in [-0.05, 0) is 56.4 Å². The maximum Gasteiger partial charge on any atom is 0.416 e. The summed E-state index contributed by atoms with van der Waals surface area (Å²) < 4.78 is 84.3. The van der Waals surface area contributed by atoms with Crippen LogP contribution in [0.1, 0.15) is 56.2 Å². The van der Waals surface area contributed by atoms with E-state index in [4.69, 9.17) is 4.74 Å². The molecule has 0 spiro atoms. The number of ether oxygens (including phenoxy) is 1. The maximum absolute atomic E-state index is 13.3. The zero-order valence-electron chi connectivity index (χ0n) is 19.1. The predicted octanol–water partition coefficient (Wildman–Crippen LogP) is 4.10. The van der Waals surface area contributed by atoms with Gasteiger partial charge in [0.25, 0.3) is 0 Å². The molecule has 3 saturated heterocycles. The second-order valence-corrected chi connectivity index (χ2v) is 9.65. The lowest BCUT2D eigenvalue weighted by Gasteiger charge is -2.29. The SMILES string of the molecule is CCC1(C)N2CC(NC3CCOCC3)CC21C(=O)NCc1cc(C(F)(F)F)cc(C(F)(F)F)c1. The first-order valence-corrected chi connectivity index (χ1v) is 11.5. The third-order valence-corrected chi connectivity index (χ3v) is 7.70. The van der Waals surface area contributed by atoms with Gasteiger partial charge < -0.3 is 15.4 Å². The molecule has 4 atom stereocenters. The Bertz CT molecular complexity index is 898. The standard InChI is InChI=1S/C23H29F6N3O2/c1-3-20(2)21(11-18(13-32(20)21)31-17-4-6-34-7-5-17)19(33)30-12-14-8-15(22(24,25)26)10-16(9-14)23(27,28)29/h8-10,17-18,31H,3-7,11-13H2,1-2H3,(H,30,33). The monoisotopic (exact) mass is 493 g/mol. The number of alkyl halides is 6. The number of benzene rings is 1. The number of piperidine rings is 1. The van der Waals surface area contributed by atoms with E-state index in [1.165, 1.54) is 0 Å². The average molecular weight is 493 g/mol. The van der Waals surface area contributed by atoms with Gasteiger partial charge in [-0.2, -0.15) is 26.3 Å². The fourth-order valence-corrected chi connectivity index (χ4v) is 5.69. The molecule has 4 rings (SSSR count). The highest BCUT2D eigenvalue weighted by molar-refractivity contribution is 5.93. The van der Waals surface area contributed by atoms with Crippen LogP contribution in [-0.4, -0.2) is 53.7 Å². The Balaban J connectivity index is 1.48. The molecule has 3 fully saturated rings. The van der Waals surface area contributed by atoms with E-state index in [0.29, 0.717) is 50.8 Å². The molecule has 1 aromatic carbocycles. The van der Waals surface area contributed by atoms with Crippen LogP contribution in [0, 0.1) is 0 Å². The van der Waals surface area contributed by atoms with Crippen molar-refractivity contribution in [3.05, 3.63) is 34.9 Å². The highest BCUT2D eigenvalue weighted by Gasteiger charge is 2.78. The summed E-state index contributed by atoms with van der Waals surface area (Å²) in [5.41, 5.74) is -4.24. The van der Waals surface area contributed by atoms with E-state index in [1.54, 1.807) is 0 Å². The van der Waals surface area contributed by atoms with E-state index in [-0.39, 0.29) is 23.6 Å². The van der Waals surface area contributed by atoms with Crippen molar-refractivity contribution in [3.63, 3.8) is 0 Å². The largest absolute Gasteiger partial charge is 0.416 e. The van der Waals surface area contributed by atoms with Gasteiger partial charge in [0.2, 0.25) is 5.91 Å². The van der Waals surface area contributed by atoms with Crippen LogP contribution in [0.15, 0.2) is 18.2 Å². The van der Waals surface area contributed by atoms with Gasteiger partial charge in [0.05, 0.1) is 11.1 Å². The molecular formula is C23H29F6N3O2. The molecule has 0 bridgehead atoms. The predicted molar refractivity (Wildman–Crippen MR) is 112 cm³/mol. The van der Waals surface area contributed by atoms with E-state index in [9.17, 15) is 31.1 Å². The summed E-state index contributed by atoms with van der Waals surface area (Å²) in [5, 5.41) is 6.22. The molecule has 2 N–H and O–H groups in total. The Labute approximate surface area is 194 Å². The summed E-state index contributed by atoms with van der Waals surface area (Å²) in [6.45, 7) is 5.56. The number of hydrogen-bond acceptors (Lipinski definition) is 4. The summed E-state index contributed by atoms with van der Waals surface area (Å²) in [7, 11) is 0. The van der Waals surface area contributed by atoms with Crippen molar-refractivity contribution >= 4 is 5.91 Å². The first-order valence-electron chi connectivity index (χ1n) is 11.5. The van der Waals surface area contributed by atoms with Crippen LogP contribution < -0.4 is 10.6 Å². The highest BCUT2D eigenvalue weighted by atomic mass is 19.4. The van der Waals surface area contributed by atoms with Gasteiger partial charge in [-0.3, -0.25) is 9.69 Å². The highest BCUT2D eigenvalue weighted by Crippen LogP contribution is 2.60. The lowest BCUT2D eigenvalue weighted by atomic mass is 9.85. The Hall–Kier alpha value is -1.85. The molecule has 3 aliphatic heterocycles. The lowest BCUT2D eigenvalue weighted by molar-refractivity contribution is -0.143. The summed E-state index contributed by atoms with van der Waals surface area (Å²) >= 11 is 0. The fraction of sp³-hybridized carbons (Fsp3) is 0.696. The van der Waals surface area contributed by atoms with Gasteiger partial charge in [-0.25, -0.2) is 0 Å². The Morgan fingerprint density at radius 2 is 1.65 bits per heavy atom. The number of carbonyl (C=O) groups is 1. The van der Waals surface area contributed by atoms with Crippen LogP contribution in [0.4, 0.5) is 26.3 Å². The molecule has 34 heavy (non-hydrogen) atoms. The first kappa shape index (κ1) is 25.2. The van der Waals surface area contributed by atoms with Crippen LogP contribution in [0.2, 0.25) is 0 Å². The van der Waals surface area contributed by atoms with Crippen molar-refractivity contribution < 1.29 is 35.9 Å². The van der Waals surface area contributed by atoms with E-state index in [0.717, 1.165) is 12.8 Å². The van der Waals surface area contributed by atoms with Gasteiger partial charge in [-0.1, -0.05) is 6.92 Å². The quantitative estimate of drug-likeness (QED) is 0.463.